The zero-order valence-corrected chi connectivity index (χ0v) is 13.3. The SMILES string of the molecule is CSc1cc2c(cc1CNc1cn(C)nc1C)OCCO2. The third-order valence-corrected chi connectivity index (χ3v) is 4.25. The van der Waals surface area contributed by atoms with Crippen LogP contribution in [0.5, 0.6) is 11.5 Å². The van der Waals surface area contributed by atoms with Gasteiger partial charge in [-0.3, -0.25) is 4.68 Å². The number of fused-ring (bicyclic) bond motifs is 1. The van der Waals surface area contributed by atoms with Crippen molar-refractivity contribution in [3.8, 4) is 11.5 Å². The Balaban J connectivity index is 1.82. The summed E-state index contributed by atoms with van der Waals surface area (Å²) in [5.74, 6) is 1.67. The van der Waals surface area contributed by atoms with Crippen LogP contribution < -0.4 is 14.8 Å². The third-order valence-electron chi connectivity index (χ3n) is 3.43. The molecule has 0 saturated carbocycles. The predicted octanol–water partition coefficient (Wildman–Crippen LogP) is 2.83. The molecule has 1 aromatic carbocycles. The van der Waals surface area contributed by atoms with Gasteiger partial charge in [0.15, 0.2) is 11.5 Å². The van der Waals surface area contributed by atoms with E-state index in [1.165, 1.54) is 10.5 Å². The lowest BCUT2D eigenvalue weighted by atomic mass is 10.2. The number of rotatable bonds is 4. The van der Waals surface area contributed by atoms with Gasteiger partial charge < -0.3 is 14.8 Å². The summed E-state index contributed by atoms with van der Waals surface area (Å²) in [6, 6.07) is 4.13. The van der Waals surface area contributed by atoms with Crippen molar-refractivity contribution in [2.24, 2.45) is 7.05 Å². The smallest absolute Gasteiger partial charge is 0.162 e. The van der Waals surface area contributed by atoms with Crippen molar-refractivity contribution in [1.29, 1.82) is 0 Å². The van der Waals surface area contributed by atoms with Gasteiger partial charge in [0.05, 0.1) is 11.4 Å². The van der Waals surface area contributed by atoms with Crippen LogP contribution in [0, 0.1) is 6.92 Å². The van der Waals surface area contributed by atoms with E-state index in [1.807, 2.05) is 24.9 Å². The lowest BCUT2D eigenvalue weighted by molar-refractivity contribution is 0.171. The number of benzene rings is 1. The Morgan fingerprint density at radius 3 is 2.62 bits per heavy atom. The fourth-order valence-electron chi connectivity index (χ4n) is 2.40. The number of aryl methyl sites for hydroxylation is 2. The first kappa shape index (κ1) is 14.1. The van der Waals surface area contributed by atoms with E-state index in [4.69, 9.17) is 9.47 Å². The first-order valence-electron chi connectivity index (χ1n) is 6.88. The molecule has 1 aliphatic rings. The molecule has 0 fully saturated rings. The number of nitrogens with zero attached hydrogens (tertiary/aromatic N) is 2. The fraction of sp³-hybridized carbons (Fsp3) is 0.400. The number of aromatic nitrogens is 2. The van der Waals surface area contributed by atoms with Gasteiger partial charge in [-0.25, -0.2) is 0 Å². The van der Waals surface area contributed by atoms with Crippen LogP contribution >= 0.6 is 11.8 Å². The van der Waals surface area contributed by atoms with Gasteiger partial charge in [0, 0.05) is 24.7 Å². The van der Waals surface area contributed by atoms with Crippen LogP contribution in [0.2, 0.25) is 0 Å². The van der Waals surface area contributed by atoms with Gasteiger partial charge in [-0.1, -0.05) is 0 Å². The van der Waals surface area contributed by atoms with Gasteiger partial charge in [-0.05, 0) is 30.9 Å². The highest BCUT2D eigenvalue weighted by molar-refractivity contribution is 7.98. The van der Waals surface area contributed by atoms with E-state index in [-0.39, 0.29) is 0 Å². The van der Waals surface area contributed by atoms with Crippen molar-refractivity contribution in [2.75, 3.05) is 24.8 Å². The first-order valence-corrected chi connectivity index (χ1v) is 8.10. The molecule has 0 bridgehead atoms. The Hall–Kier alpha value is -1.82. The topological polar surface area (TPSA) is 48.3 Å². The molecule has 0 unspecified atom stereocenters. The molecule has 3 rings (SSSR count). The van der Waals surface area contributed by atoms with Crippen LogP contribution in [0.1, 0.15) is 11.3 Å². The molecule has 1 aromatic heterocycles. The van der Waals surface area contributed by atoms with Gasteiger partial charge in [-0.15, -0.1) is 11.8 Å². The van der Waals surface area contributed by atoms with Crippen molar-refractivity contribution in [3.05, 3.63) is 29.6 Å². The quantitative estimate of drug-likeness (QED) is 0.880. The van der Waals surface area contributed by atoms with Crippen molar-refractivity contribution in [2.45, 2.75) is 18.4 Å². The molecule has 6 heteroatoms. The number of thioether (sulfide) groups is 1. The summed E-state index contributed by atoms with van der Waals surface area (Å²) < 4.78 is 13.1. The molecule has 0 saturated heterocycles. The number of nitrogens with one attached hydrogen (secondary N) is 1. The van der Waals surface area contributed by atoms with E-state index in [9.17, 15) is 0 Å². The minimum atomic E-state index is 0.611. The second-order valence-electron chi connectivity index (χ2n) is 4.96. The summed E-state index contributed by atoms with van der Waals surface area (Å²) in [6.07, 6.45) is 4.07. The monoisotopic (exact) mass is 305 g/mol. The summed E-state index contributed by atoms with van der Waals surface area (Å²) in [7, 11) is 1.93. The van der Waals surface area contributed by atoms with Crippen molar-refractivity contribution in [1.82, 2.24) is 9.78 Å². The van der Waals surface area contributed by atoms with Crippen LogP contribution in [-0.4, -0.2) is 29.3 Å². The maximum absolute atomic E-state index is 5.66. The number of hydrogen-bond donors (Lipinski definition) is 1. The zero-order chi connectivity index (χ0) is 14.8. The van der Waals surface area contributed by atoms with E-state index in [2.05, 4.69) is 28.8 Å². The van der Waals surface area contributed by atoms with Gasteiger partial charge in [0.1, 0.15) is 13.2 Å². The molecule has 2 aromatic rings. The van der Waals surface area contributed by atoms with Crippen LogP contribution in [0.4, 0.5) is 5.69 Å². The normalized spacial score (nSPS) is 13.3. The number of hydrogen-bond acceptors (Lipinski definition) is 5. The highest BCUT2D eigenvalue weighted by atomic mass is 32.2. The molecule has 1 aliphatic heterocycles. The highest BCUT2D eigenvalue weighted by Gasteiger charge is 2.15. The molecule has 5 nitrogen and oxygen atoms in total. The Labute approximate surface area is 128 Å². The molecular formula is C15H19N3O2S. The molecular weight excluding hydrogens is 286 g/mol. The predicted molar refractivity (Wildman–Crippen MR) is 84.5 cm³/mol. The third kappa shape index (κ3) is 2.95. The maximum Gasteiger partial charge on any atom is 0.162 e. The summed E-state index contributed by atoms with van der Waals surface area (Å²) in [5, 5.41) is 7.78. The Morgan fingerprint density at radius 1 is 1.29 bits per heavy atom. The largest absolute Gasteiger partial charge is 0.486 e. The van der Waals surface area contributed by atoms with Gasteiger partial charge >= 0.3 is 0 Å². The number of ether oxygens (including phenoxy) is 2. The Bertz CT molecular complexity index is 655. The van der Waals surface area contributed by atoms with Gasteiger partial charge in [-0.2, -0.15) is 5.10 Å². The van der Waals surface area contributed by atoms with Crippen LogP contribution in [0.25, 0.3) is 0 Å². The first-order chi connectivity index (χ1) is 10.2. The maximum atomic E-state index is 5.66. The fourth-order valence-corrected chi connectivity index (χ4v) is 3.02. The molecule has 0 radical (unpaired) electrons. The summed E-state index contributed by atoms with van der Waals surface area (Å²) in [6.45, 7) is 3.97. The van der Waals surface area contributed by atoms with Crippen molar-refractivity contribution < 1.29 is 9.47 Å². The molecule has 0 aliphatic carbocycles. The van der Waals surface area contributed by atoms with E-state index < -0.39 is 0 Å². The molecule has 2 heterocycles. The zero-order valence-electron chi connectivity index (χ0n) is 12.5. The summed E-state index contributed by atoms with van der Waals surface area (Å²) in [4.78, 5) is 1.20. The average molecular weight is 305 g/mol. The second-order valence-corrected chi connectivity index (χ2v) is 5.81. The molecule has 0 atom stereocenters. The van der Waals surface area contributed by atoms with E-state index >= 15 is 0 Å². The van der Waals surface area contributed by atoms with Gasteiger partial charge in [0.2, 0.25) is 0 Å². The average Bonchev–Trinajstić information content (AvgIpc) is 2.82. The lowest BCUT2D eigenvalue weighted by Crippen LogP contribution is -2.16. The summed E-state index contributed by atoms with van der Waals surface area (Å²) in [5.41, 5.74) is 3.26. The lowest BCUT2D eigenvalue weighted by Gasteiger charge is -2.21. The molecule has 21 heavy (non-hydrogen) atoms. The Kier molecular flexibility index (Phi) is 3.96. The standard InChI is InChI=1S/C15H19N3O2S/c1-10-12(9-18(2)17-10)16-8-11-6-13-14(7-15(11)21-3)20-5-4-19-13/h6-7,9,16H,4-5,8H2,1-3H3. The summed E-state index contributed by atoms with van der Waals surface area (Å²) >= 11 is 1.72. The van der Waals surface area contributed by atoms with E-state index in [0.717, 1.165) is 29.4 Å². The molecule has 112 valence electrons. The minimum absolute atomic E-state index is 0.611. The van der Waals surface area contributed by atoms with Crippen LogP contribution in [0.3, 0.4) is 0 Å². The van der Waals surface area contributed by atoms with Gasteiger partial charge in [0.25, 0.3) is 0 Å². The second kappa shape index (κ2) is 5.89. The molecule has 0 amide bonds. The molecule has 0 spiro atoms. The van der Waals surface area contributed by atoms with Crippen molar-refractivity contribution >= 4 is 17.4 Å². The molecule has 1 N–H and O–H groups in total. The van der Waals surface area contributed by atoms with E-state index in [0.29, 0.717) is 13.2 Å². The van der Waals surface area contributed by atoms with Crippen LogP contribution in [0.15, 0.2) is 23.2 Å². The Morgan fingerprint density at radius 2 is 2.00 bits per heavy atom. The number of anilines is 1. The van der Waals surface area contributed by atoms with Crippen LogP contribution in [-0.2, 0) is 13.6 Å². The van der Waals surface area contributed by atoms with Crippen molar-refractivity contribution in [3.63, 3.8) is 0 Å². The minimum Gasteiger partial charge on any atom is -0.486 e. The highest BCUT2D eigenvalue weighted by Crippen LogP contribution is 2.36. The van der Waals surface area contributed by atoms with E-state index in [1.54, 1.807) is 11.8 Å².